The second-order valence-corrected chi connectivity index (χ2v) is 4.78. The van der Waals surface area contributed by atoms with Crippen LogP contribution in [-0.2, 0) is 6.18 Å². The van der Waals surface area contributed by atoms with E-state index in [-0.39, 0.29) is 16.8 Å². The Hall–Kier alpha value is -3.27. The minimum atomic E-state index is -4.66. The SMILES string of the molecule is C=Cc1ccc(C(=O)NNc2ccc(C#N)cc2C(F)(F)F)cc1. The maximum Gasteiger partial charge on any atom is 0.418 e. The minimum Gasteiger partial charge on any atom is -0.298 e. The molecule has 0 heterocycles. The van der Waals surface area contributed by atoms with Crippen LogP contribution in [0.5, 0.6) is 0 Å². The lowest BCUT2D eigenvalue weighted by Gasteiger charge is -2.15. The van der Waals surface area contributed by atoms with E-state index >= 15 is 0 Å². The molecule has 0 aromatic heterocycles. The first-order valence-corrected chi connectivity index (χ1v) is 6.75. The van der Waals surface area contributed by atoms with Crippen molar-refractivity contribution in [2.24, 2.45) is 0 Å². The summed E-state index contributed by atoms with van der Waals surface area (Å²) in [5.41, 5.74) is 4.03. The van der Waals surface area contributed by atoms with E-state index in [1.807, 2.05) is 0 Å². The van der Waals surface area contributed by atoms with Gasteiger partial charge >= 0.3 is 6.18 Å². The average Bonchev–Trinajstić information content (AvgIpc) is 2.58. The lowest BCUT2D eigenvalue weighted by atomic mass is 10.1. The van der Waals surface area contributed by atoms with Crippen molar-refractivity contribution in [2.45, 2.75) is 6.18 Å². The van der Waals surface area contributed by atoms with Gasteiger partial charge in [0.05, 0.1) is 22.9 Å². The van der Waals surface area contributed by atoms with Gasteiger partial charge in [-0.05, 0) is 35.9 Å². The third-order valence-corrected chi connectivity index (χ3v) is 3.17. The summed E-state index contributed by atoms with van der Waals surface area (Å²) in [6, 6.07) is 11.0. The molecule has 0 unspecified atom stereocenters. The predicted octanol–water partition coefficient (Wildman–Crippen LogP) is 3.98. The molecule has 7 heteroatoms. The number of hydrogen-bond donors (Lipinski definition) is 2. The summed E-state index contributed by atoms with van der Waals surface area (Å²) < 4.78 is 39.1. The maximum absolute atomic E-state index is 13.0. The van der Waals surface area contributed by atoms with E-state index in [9.17, 15) is 18.0 Å². The minimum absolute atomic E-state index is 0.126. The van der Waals surface area contributed by atoms with E-state index in [0.717, 1.165) is 11.6 Å². The Labute approximate surface area is 136 Å². The summed E-state index contributed by atoms with van der Waals surface area (Å²) in [6.45, 7) is 3.59. The van der Waals surface area contributed by atoms with E-state index in [4.69, 9.17) is 5.26 Å². The molecule has 2 N–H and O–H groups in total. The lowest BCUT2D eigenvalue weighted by molar-refractivity contribution is -0.137. The van der Waals surface area contributed by atoms with Crippen LogP contribution in [0.1, 0.15) is 27.0 Å². The van der Waals surface area contributed by atoms with Gasteiger partial charge in [-0.3, -0.25) is 15.6 Å². The zero-order chi connectivity index (χ0) is 17.7. The highest BCUT2D eigenvalue weighted by Crippen LogP contribution is 2.35. The molecule has 24 heavy (non-hydrogen) atoms. The summed E-state index contributed by atoms with van der Waals surface area (Å²) in [7, 11) is 0. The van der Waals surface area contributed by atoms with Crippen molar-refractivity contribution in [3.8, 4) is 6.07 Å². The molecule has 4 nitrogen and oxygen atoms in total. The Morgan fingerprint density at radius 2 is 1.83 bits per heavy atom. The third-order valence-electron chi connectivity index (χ3n) is 3.17. The number of halogens is 3. The van der Waals surface area contributed by atoms with Crippen LogP contribution in [0.3, 0.4) is 0 Å². The first-order chi connectivity index (χ1) is 11.3. The van der Waals surface area contributed by atoms with Crippen LogP contribution >= 0.6 is 0 Å². The van der Waals surface area contributed by atoms with Crippen molar-refractivity contribution in [3.05, 3.63) is 71.3 Å². The van der Waals surface area contributed by atoms with Crippen molar-refractivity contribution in [1.29, 1.82) is 5.26 Å². The van der Waals surface area contributed by atoms with Gasteiger partial charge in [0.1, 0.15) is 0 Å². The molecule has 1 amide bonds. The molecule has 122 valence electrons. The summed E-state index contributed by atoms with van der Waals surface area (Å²) >= 11 is 0. The Balaban J connectivity index is 2.17. The van der Waals surface area contributed by atoms with Crippen LogP contribution in [0, 0.1) is 11.3 Å². The summed E-state index contributed by atoms with van der Waals surface area (Å²) in [4.78, 5) is 12.0. The number of nitriles is 1. The zero-order valence-electron chi connectivity index (χ0n) is 12.3. The summed E-state index contributed by atoms with van der Waals surface area (Å²) in [6.07, 6.45) is -3.06. The van der Waals surface area contributed by atoms with Gasteiger partial charge in [0.15, 0.2) is 0 Å². The number of alkyl halides is 3. The van der Waals surface area contributed by atoms with E-state index in [1.165, 1.54) is 18.2 Å². The largest absolute Gasteiger partial charge is 0.418 e. The monoisotopic (exact) mass is 331 g/mol. The van der Waals surface area contributed by atoms with Gasteiger partial charge in [0.25, 0.3) is 5.91 Å². The molecule has 0 aliphatic carbocycles. The number of anilines is 1. The fourth-order valence-corrected chi connectivity index (χ4v) is 1.92. The second kappa shape index (κ2) is 6.87. The molecule has 2 aromatic rings. The quantitative estimate of drug-likeness (QED) is 0.833. The van der Waals surface area contributed by atoms with Gasteiger partial charge < -0.3 is 0 Å². The van der Waals surface area contributed by atoms with Crippen molar-refractivity contribution in [3.63, 3.8) is 0 Å². The number of amides is 1. The topological polar surface area (TPSA) is 64.9 Å². The molecule has 0 bridgehead atoms. The van der Waals surface area contributed by atoms with Gasteiger partial charge in [-0.1, -0.05) is 24.8 Å². The van der Waals surface area contributed by atoms with Crippen LogP contribution in [0.4, 0.5) is 18.9 Å². The molecule has 0 atom stereocenters. The number of hydrazine groups is 1. The molecule has 0 radical (unpaired) electrons. The average molecular weight is 331 g/mol. The summed E-state index contributed by atoms with van der Waals surface area (Å²) in [5.74, 6) is -0.594. The standard InChI is InChI=1S/C17H12F3N3O/c1-2-11-3-6-13(7-4-11)16(24)23-22-15-8-5-12(10-21)9-14(15)17(18,19)20/h2-9,22H,1H2,(H,23,24). The first kappa shape index (κ1) is 17.1. The Morgan fingerprint density at radius 1 is 1.17 bits per heavy atom. The predicted molar refractivity (Wildman–Crippen MR) is 83.8 cm³/mol. The number of nitrogens with zero attached hydrogens (tertiary/aromatic N) is 1. The fraction of sp³-hybridized carbons (Fsp3) is 0.0588. The lowest BCUT2D eigenvalue weighted by Crippen LogP contribution is -2.30. The molecule has 0 saturated carbocycles. The second-order valence-electron chi connectivity index (χ2n) is 4.78. The number of carbonyl (C=O) groups is 1. The molecule has 2 aromatic carbocycles. The smallest absolute Gasteiger partial charge is 0.298 e. The van der Waals surface area contributed by atoms with Crippen molar-refractivity contribution >= 4 is 17.7 Å². The highest BCUT2D eigenvalue weighted by atomic mass is 19.4. The molecular weight excluding hydrogens is 319 g/mol. The molecular formula is C17H12F3N3O. The molecule has 0 saturated heterocycles. The third kappa shape index (κ3) is 3.93. The molecule has 0 fully saturated rings. The summed E-state index contributed by atoms with van der Waals surface area (Å²) in [5, 5.41) is 8.71. The van der Waals surface area contributed by atoms with Crippen LogP contribution < -0.4 is 10.9 Å². The van der Waals surface area contributed by atoms with Gasteiger partial charge in [-0.2, -0.15) is 18.4 Å². The maximum atomic E-state index is 13.0. The Bertz CT molecular complexity index is 805. The van der Waals surface area contributed by atoms with E-state index in [1.54, 1.807) is 24.3 Å². The molecule has 0 spiro atoms. The van der Waals surface area contributed by atoms with Gasteiger partial charge in [0, 0.05) is 5.56 Å². The van der Waals surface area contributed by atoms with Crippen LogP contribution in [0.25, 0.3) is 6.08 Å². The molecule has 2 rings (SSSR count). The number of carbonyl (C=O) groups excluding carboxylic acids is 1. The molecule has 0 aliphatic heterocycles. The Kier molecular flexibility index (Phi) is 4.90. The molecule has 0 aliphatic rings. The van der Waals surface area contributed by atoms with Gasteiger partial charge in [0.2, 0.25) is 0 Å². The number of nitrogens with one attached hydrogen (secondary N) is 2. The van der Waals surface area contributed by atoms with E-state index in [0.29, 0.717) is 6.07 Å². The van der Waals surface area contributed by atoms with E-state index < -0.39 is 17.6 Å². The highest BCUT2D eigenvalue weighted by Gasteiger charge is 2.34. The van der Waals surface area contributed by atoms with Crippen LogP contribution in [-0.4, -0.2) is 5.91 Å². The van der Waals surface area contributed by atoms with Crippen molar-refractivity contribution in [1.82, 2.24) is 5.43 Å². The van der Waals surface area contributed by atoms with Gasteiger partial charge in [-0.15, -0.1) is 0 Å². The number of benzene rings is 2. The number of rotatable bonds is 4. The zero-order valence-corrected chi connectivity index (χ0v) is 12.3. The van der Waals surface area contributed by atoms with Crippen LogP contribution in [0.15, 0.2) is 49.0 Å². The van der Waals surface area contributed by atoms with E-state index in [2.05, 4.69) is 17.4 Å². The van der Waals surface area contributed by atoms with Gasteiger partial charge in [-0.25, -0.2) is 0 Å². The number of hydrogen-bond acceptors (Lipinski definition) is 3. The Morgan fingerprint density at radius 3 is 2.38 bits per heavy atom. The highest BCUT2D eigenvalue weighted by molar-refractivity contribution is 5.95. The fourth-order valence-electron chi connectivity index (χ4n) is 1.92. The first-order valence-electron chi connectivity index (χ1n) is 6.75. The van der Waals surface area contributed by atoms with Crippen molar-refractivity contribution < 1.29 is 18.0 Å². The van der Waals surface area contributed by atoms with Crippen molar-refractivity contribution in [2.75, 3.05) is 5.43 Å². The van der Waals surface area contributed by atoms with Crippen LogP contribution in [0.2, 0.25) is 0 Å². The normalized spacial score (nSPS) is 10.6.